The minimum absolute atomic E-state index is 0.847. The third kappa shape index (κ3) is 3.21. The van der Waals surface area contributed by atoms with Crippen LogP contribution in [0.25, 0.3) is 0 Å². The summed E-state index contributed by atoms with van der Waals surface area (Å²) >= 11 is 0. The molecule has 0 unspecified atom stereocenters. The average molecular weight is 262 g/mol. The van der Waals surface area contributed by atoms with Crippen LogP contribution in [0.3, 0.4) is 0 Å². The smallest absolute Gasteiger partial charge is 0.117 e. The molecular weight excluding hydrogens is 236 g/mol. The maximum atomic E-state index is 5.44. The summed E-state index contributed by atoms with van der Waals surface area (Å²) in [5.41, 5.74) is 0. The maximum absolute atomic E-state index is 5.44. The highest BCUT2D eigenvalue weighted by atomic mass is 16.3. The Morgan fingerprint density at radius 3 is 2.63 bits per heavy atom. The molecule has 19 heavy (non-hydrogen) atoms. The van der Waals surface area contributed by atoms with E-state index in [1.54, 1.807) is 6.26 Å². The molecule has 1 aromatic heterocycles. The van der Waals surface area contributed by atoms with Gasteiger partial charge in [-0.05, 0) is 30.9 Å². The zero-order valence-electron chi connectivity index (χ0n) is 12.1. The number of nitrogens with zero attached hydrogens (tertiary/aromatic N) is 2. The van der Waals surface area contributed by atoms with Gasteiger partial charge in [-0.25, -0.2) is 0 Å². The lowest BCUT2D eigenvalue weighted by Crippen LogP contribution is -2.52. The van der Waals surface area contributed by atoms with Crippen LogP contribution in [0, 0.1) is 5.92 Å². The third-order valence-electron chi connectivity index (χ3n) is 4.90. The lowest BCUT2D eigenvalue weighted by molar-refractivity contribution is 0.0494. The fourth-order valence-corrected chi connectivity index (χ4v) is 3.72. The molecule has 1 saturated carbocycles. The van der Waals surface area contributed by atoms with E-state index in [4.69, 9.17) is 4.42 Å². The van der Waals surface area contributed by atoms with Crippen molar-refractivity contribution in [3.8, 4) is 0 Å². The van der Waals surface area contributed by atoms with Crippen molar-refractivity contribution in [3.63, 3.8) is 0 Å². The zero-order chi connectivity index (χ0) is 13.1. The average Bonchev–Trinajstić information content (AvgIpc) is 2.93. The molecule has 2 atom stereocenters. The summed E-state index contributed by atoms with van der Waals surface area (Å²) in [4.78, 5) is 5.26. The molecular formula is C16H26N2O. The Bertz CT molecular complexity index is 368. The van der Waals surface area contributed by atoms with Crippen molar-refractivity contribution >= 4 is 0 Å². The Labute approximate surface area is 116 Å². The number of piperazine rings is 1. The van der Waals surface area contributed by atoms with Gasteiger partial charge < -0.3 is 4.42 Å². The molecule has 3 heteroatoms. The molecule has 1 aliphatic carbocycles. The number of rotatable bonds is 3. The van der Waals surface area contributed by atoms with Crippen LogP contribution in [0.2, 0.25) is 0 Å². The fourth-order valence-electron chi connectivity index (χ4n) is 3.72. The van der Waals surface area contributed by atoms with Gasteiger partial charge in [-0.1, -0.05) is 19.8 Å². The summed E-state index contributed by atoms with van der Waals surface area (Å²) in [6.45, 7) is 8.25. The summed E-state index contributed by atoms with van der Waals surface area (Å²) in [5, 5.41) is 0. The predicted molar refractivity (Wildman–Crippen MR) is 77.0 cm³/mol. The minimum atomic E-state index is 0.847. The van der Waals surface area contributed by atoms with E-state index in [9.17, 15) is 0 Å². The summed E-state index contributed by atoms with van der Waals surface area (Å²) in [6.07, 6.45) is 7.49. The molecule has 3 rings (SSSR count). The largest absolute Gasteiger partial charge is 0.468 e. The van der Waals surface area contributed by atoms with Crippen LogP contribution in [0.1, 0.15) is 38.4 Å². The van der Waals surface area contributed by atoms with Crippen molar-refractivity contribution < 1.29 is 4.42 Å². The topological polar surface area (TPSA) is 19.6 Å². The molecule has 1 aliphatic heterocycles. The number of furan rings is 1. The number of hydrogen-bond donors (Lipinski definition) is 0. The van der Waals surface area contributed by atoms with Gasteiger partial charge in [0.25, 0.3) is 0 Å². The normalized spacial score (nSPS) is 30.6. The van der Waals surface area contributed by atoms with E-state index in [1.807, 2.05) is 6.07 Å². The standard InChI is InChI=1S/C16H26N2O/c1-14-5-2-3-7-16(14)18-10-8-17(9-11-18)13-15-6-4-12-19-15/h4,6,12,14,16H,2-3,5,7-11,13H2,1H3/t14-,16+/m0/s1. The van der Waals surface area contributed by atoms with E-state index in [0.717, 1.165) is 24.3 Å². The molecule has 0 amide bonds. The van der Waals surface area contributed by atoms with Crippen molar-refractivity contribution in [3.05, 3.63) is 24.2 Å². The van der Waals surface area contributed by atoms with Gasteiger partial charge in [0, 0.05) is 32.2 Å². The van der Waals surface area contributed by atoms with Crippen molar-refractivity contribution in [2.45, 2.75) is 45.2 Å². The highest BCUT2D eigenvalue weighted by molar-refractivity contribution is 4.98. The van der Waals surface area contributed by atoms with Crippen LogP contribution in [0.4, 0.5) is 0 Å². The van der Waals surface area contributed by atoms with E-state index < -0.39 is 0 Å². The Hall–Kier alpha value is -0.800. The summed E-state index contributed by atoms with van der Waals surface area (Å²) < 4.78 is 5.44. The second-order valence-electron chi connectivity index (χ2n) is 6.22. The SMILES string of the molecule is C[C@H]1CCCC[C@H]1N1CCN(Cc2ccco2)CC1. The predicted octanol–water partition coefficient (Wildman–Crippen LogP) is 2.98. The van der Waals surface area contributed by atoms with E-state index in [0.29, 0.717) is 0 Å². The Morgan fingerprint density at radius 2 is 1.95 bits per heavy atom. The lowest BCUT2D eigenvalue weighted by atomic mass is 9.84. The lowest BCUT2D eigenvalue weighted by Gasteiger charge is -2.43. The van der Waals surface area contributed by atoms with Gasteiger partial charge in [-0.3, -0.25) is 9.80 Å². The first kappa shape index (κ1) is 13.2. The highest BCUT2D eigenvalue weighted by Gasteiger charge is 2.29. The van der Waals surface area contributed by atoms with E-state index in [-0.39, 0.29) is 0 Å². The van der Waals surface area contributed by atoms with E-state index in [1.165, 1.54) is 51.9 Å². The van der Waals surface area contributed by atoms with Gasteiger partial charge in [-0.15, -0.1) is 0 Å². The van der Waals surface area contributed by atoms with Crippen LogP contribution in [-0.2, 0) is 6.54 Å². The summed E-state index contributed by atoms with van der Waals surface area (Å²) in [6, 6.07) is 4.91. The van der Waals surface area contributed by atoms with Gasteiger partial charge in [0.05, 0.1) is 12.8 Å². The molecule has 0 bridgehead atoms. The molecule has 0 spiro atoms. The molecule has 1 aromatic rings. The van der Waals surface area contributed by atoms with Crippen LogP contribution >= 0.6 is 0 Å². The maximum Gasteiger partial charge on any atom is 0.117 e. The van der Waals surface area contributed by atoms with Gasteiger partial charge >= 0.3 is 0 Å². The van der Waals surface area contributed by atoms with Crippen molar-refractivity contribution in [2.75, 3.05) is 26.2 Å². The monoisotopic (exact) mass is 262 g/mol. The summed E-state index contributed by atoms with van der Waals surface area (Å²) in [7, 11) is 0. The second kappa shape index (κ2) is 6.10. The van der Waals surface area contributed by atoms with Crippen LogP contribution in [-0.4, -0.2) is 42.0 Å². The van der Waals surface area contributed by atoms with Crippen LogP contribution in [0.5, 0.6) is 0 Å². The van der Waals surface area contributed by atoms with Gasteiger partial charge in [0.15, 0.2) is 0 Å². The van der Waals surface area contributed by atoms with E-state index in [2.05, 4.69) is 22.8 Å². The molecule has 2 aliphatic rings. The molecule has 106 valence electrons. The van der Waals surface area contributed by atoms with E-state index >= 15 is 0 Å². The van der Waals surface area contributed by atoms with Gasteiger partial charge in [-0.2, -0.15) is 0 Å². The zero-order valence-corrected chi connectivity index (χ0v) is 12.1. The first-order chi connectivity index (χ1) is 9.33. The molecule has 3 nitrogen and oxygen atoms in total. The Morgan fingerprint density at radius 1 is 1.16 bits per heavy atom. The Kier molecular flexibility index (Phi) is 4.24. The Balaban J connectivity index is 1.49. The molecule has 0 N–H and O–H groups in total. The van der Waals surface area contributed by atoms with Gasteiger partial charge in [0.2, 0.25) is 0 Å². The minimum Gasteiger partial charge on any atom is -0.468 e. The molecule has 2 fully saturated rings. The van der Waals surface area contributed by atoms with Crippen molar-refractivity contribution in [1.29, 1.82) is 0 Å². The first-order valence-corrected chi connectivity index (χ1v) is 7.82. The number of hydrogen-bond acceptors (Lipinski definition) is 3. The molecule has 0 aromatic carbocycles. The fraction of sp³-hybridized carbons (Fsp3) is 0.750. The second-order valence-corrected chi connectivity index (χ2v) is 6.22. The molecule has 2 heterocycles. The molecule has 1 saturated heterocycles. The quantitative estimate of drug-likeness (QED) is 0.835. The first-order valence-electron chi connectivity index (χ1n) is 7.82. The van der Waals surface area contributed by atoms with Gasteiger partial charge in [0.1, 0.15) is 5.76 Å². The highest BCUT2D eigenvalue weighted by Crippen LogP contribution is 2.28. The third-order valence-corrected chi connectivity index (χ3v) is 4.90. The van der Waals surface area contributed by atoms with Crippen LogP contribution < -0.4 is 0 Å². The van der Waals surface area contributed by atoms with Crippen molar-refractivity contribution in [2.24, 2.45) is 5.92 Å². The molecule has 0 radical (unpaired) electrons. The van der Waals surface area contributed by atoms with Crippen LogP contribution in [0.15, 0.2) is 22.8 Å². The van der Waals surface area contributed by atoms with Crippen molar-refractivity contribution in [1.82, 2.24) is 9.80 Å². The summed E-state index contributed by atoms with van der Waals surface area (Å²) in [5.74, 6) is 1.99.